The van der Waals surface area contributed by atoms with Crippen LogP contribution in [-0.2, 0) is 0 Å². The van der Waals surface area contributed by atoms with Crippen LogP contribution in [0.15, 0.2) is 12.1 Å². The van der Waals surface area contributed by atoms with Crippen molar-refractivity contribution in [3.63, 3.8) is 0 Å². The average Bonchev–Trinajstić information content (AvgIpc) is 2.19. The van der Waals surface area contributed by atoms with Crippen molar-refractivity contribution in [3.05, 3.63) is 29.3 Å². The number of nitrogens with one attached hydrogen (secondary N) is 1. The number of rotatable bonds is 2. The van der Waals surface area contributed by atoms with Crippen LogP contribution in [0.2, 0.25) is 0 Å². The molecule has 1 aromatic carbocycles. The lowest BCUT2D eigenvalue weighted by Gasteiger charge is -2.05. The van der Waals surface area contributed by atoms with Gasteiger partial charge in [0.05, 0.1) is 12.7 Å². The van der Waals surface area contributed by atoms with Crippen molar-refractivity contribution in [1.29, 1.82) is 0 Å². The number of nitrogen functional groups attached to an aromatic ring is 1. The van der Waals surface area contributed by atoms with Crippen molar-refractivity contribution in [1.82, 2.24) is 5.43 Å². The van der Waals surface area contributed by atoms with Gasteiger partial charge < -0.3 is 4.74 Å². The lowest BCUT2D eigenvalue weighted by molar-refractivity contribution is 0.0949. The van der Waals surface area contributed by atoms with E-state index in [-0.39, 0.29) is 5.75 Å². The number of ether oxygens (including phenoxy) is 1. The fourth-order valence-corrected chi connectivity index (χ4v) is 0.937. The van der Waals surface area contributed by atoms with E-state index < -0.39 is 23.1 Å². The summed E-state index contributed by atoms with van der Waals surface area (Å²) in [5.74, 6) is 1.88. The van der Waals surface area contributed by atoms with E-state index in [0.29, 0.717) is 0 Å². The van der Waals surface area contributed by atoms with Crippen molar-refractivity contribution in [3.8, 4) is 5.75 Å². The van der Waals surface area contributed by atoms with Crippen LogP contribution in [0.4, 0.5) is 8.78 Å². The first-order chi connectivity index (χ1) is 6.60. The highest BCUT2D eigenvalue weighted by Crippen LogP contribution is 2.20. The van der Waals surface area contributed by atoms with Crippen LogP contribution in [0.25, 0.3) is 0 Å². The van der Waals surface area contributed by atoms with Gasteiger partial charge in [-0.25, -0.2) is 14.6 Å². The van der Waals surface area contributed by atoms with E-state index in [9.17, 15) is 13.6 Å². The molecule has 1 rings (SSSR count). The fraction of sp³-hybridized carbons (Fsp3) is 0.125. The summed E-state index contributed by atoms with van der Waals surface area (Å²) < 4.78 is 30.6. The fourth-order valence-electron chi connectivity index (χ4n) is 0.937. The normalized spacial score (nSPS) is 9.71. The number of nitrogens with two attached hydrogens (primary N) is 1. The molecule has 76 valence electrons. The van der Waals surface area contributed by atoms with E-state index in [1.165, 1.54) is 7.11 Å². The highest BCUT2D eigenvalue weighted by Gasteiger charge is 2.15. The number of amides is 1. The molecule has 3 N–H and O–H groups in total. The zero-order valence-electron chi connectivity index (χ0n) is 7.30. The summed E-state index contributed by atoms with van der Waals surface area (Å²) in [4.78, 5) is 10.9. The Balaban J connectivity index is 3.21. The Morgan fingerprint density at radius 3 is 2.57 bits per heavy atom. The molecule has 0 unspecified atom stereocenters. The highest BCUT2D eigenvalue weighted by atomic mass is 19.1. The van der Waals surface area contributed by atoms with E-state index in [4.69, 9.17) is 5.84 Å². The zero-order chi connectivity index (χ0) is 10.7. The minimum absolute atomic E-state index is 0.268. The van der Waals surface area contributed by atoms with Crippen LogP contribution in [0, 0.1) is 11.6 Å². The summed E-state index contributed by atoms with van der Waals surface area (Å²) >= 11 is 0. The SMILES string of the molecule is COc1cc(F)c(C(=O)NN)cc1F. The van der Waals surface area contributed by atoms with Crippen LogP contribution in [0.5, 0.6) is 5.75 Å². The molecule has 1 amide bonds. The van der Waals surface area contributed by atoms with Crippen LogP contribution in [-0.4, -0.2) is 13.0 Å². The summed E-state index contributed by atoms with van der Waals surface area (Å²) in [6.45, 7) is 0. The van der Waals surface area contributed by atoms with Crippen molar-refractivity contribution in [2.45, 2.75) is 0 Å². The first-order valence-electron chi connectivity index (χ1n) is 3.64. The second kappa shape index (κ2) is 4.01. The van der Waals surface area contributed by atoms with Gasteiger partial charge in [-0.2, -0.15) is 0 Å². The molecule has 0 aliphatic heterocycles. The molecule has 4 nitrogen and oxygen atoms in total. The number of carbonyl (C=O) groups is 1. The van der Waals surface area contributed by atoms with Gasteiger partial charge in [0.15, 0.2) is 11.6 Å². The molecule has 0 bridgehead atoms. The lowest BCUT2D eigenvalue weighted by Crippen LogP contribution is -2.30. The van der Waals surface area contributed by atoms with Crippen molar-refractivity contribution in [2.24, 2.45) is 5.84 Å². The predicted octanol–water partition coefficient (Wildman–Crippen LogP) is 0.577. The maximum atomic E-state index is 13.1. The number of methoxy groups -OCH3 is 1. The van der Waals surface area contributed by atoms with Crippen LogP contribution < -0.4 is 16.0 Å². The third kappa shape index (κ3) is 1.80. The molecule has 0 saturated heterocycles. The van der Waals surface area contributed by atoms with Gasteiger partial charge in [0.1, 0.15) is 5.82 Å². The second-order valence-corrected chi connectivity index (χ2v) is 2.44. The van der Waals surface area contributed by atoms with Crippen LogP contribution in [0.1, 0.15) is 10.4 Å². The Morgan fingerprint density at radius 1 is 1.43 bits per heavy atom. The summed E-state index contributed by atoms with van der Waals surface area (Å²) in [5.41, 5.74) is 1.23. The Hall–Kier alpha value is -1.69. The lowest BCUT2D eigenvalue weighted by atomic mass is 10.2. The third-order valence-electron chi connectivity index (χ3n) is 1.62. The summed E-state index contributed by atoms with van der Waals surface area (Å²) in [6.07, 6.45) is 0. The second-order valence-electron chi connectivity index (χ2n) is 2.44. The third-order valence-corrected chi connectivity index (χ3v) is 1.62. The van der Waals surface area contributed by atoms with Gasteiger partial charge in [-0.3, -0.25) is 10.2 Å². The van der Waals surface area contributed by atoms with Gasteiger partial charge in [0.2, 0.25) is 0 Å². The zero-order valence-corrected chi connectivity index (χ0v) is 7.30. The minimum Gasteiger partial charge on any atom is -0.494 e. The molecule has 0 aromatic heterocycles. The van der Waals surface area contributed by atoms with E-state index in [2.05, 4.69) is 4.74 Å². The Labute approximate surface area is 78.6 Å². The number of halogens is 2. The largest absolute Gasteiger partial charge is 0.494 e. The molecule has 1 aromatic rings. The molecule has 0 aliphatic rings. The first-order valence-corrected chi connectivity index (χ1v) is 3.64. The van der Waals surface area contributed by atoms with Gasteiger partial charge in [0.25, 0.3) is 5.91 Å². The number of hydrogen-bond donors (Lipinski definition) is 2. The molecule has 0 fully saturated rings. The maximum Gasteiger partial charge on any atom is 0.268 e. The van der Waals surface area contributed by atoms with Crippen molar-refractivity contribution >= 4 is 5.91 Å². The maximum absolute atomic E-state index is 13.1. The molecule has 0 saturated carbocycles. The van der Waals surface area contributed by atoms with Gasteiger partial charge in [-0.1, -0.05) is 0 Å². The molecule has 0 radical (unpaired) electrons. The summed E-state index contributed by atoms with van der Waals surface area (Å²) in [5, 5.41) is 0. The van der Waals surface area contributed by atoms with Crippen LogP contribution in [0.3, 0.4) is 0 Å². The molecule has 0 spiro atoms. The molecule has 0 aliphatic carbocycles. The average molecular weight is 202 g/mol. The Bertz CT molecular complexity index is 369. The topological polar surface area (TPSA) is 64.3 Å². The molecule has 14 heavy (non-hydrogen) atoms. The van der Waals surface area contributed by atoms with Gasteiger partial charge in [0, 0.05) is 6.07 Å². The van der Waals surface area contributed by atoms with Crippen molar-refractivity contribution < 1.29 is 18.3 Å². The minimum atomic E-state index is -0.899. The quantitative estimate of drug-likeness (QED) is 0.419. The van der Waals surface area contributed by atoms with Crippen molar-refractivity contribution in [2.75, 3.05) is 7.11 Å². The van der Waals surface area contributed by atoms with Gasteiger partial charge >= 0.3 is 0 Å². The molecule has 6 heteroatoms. The number of hydrazine groups is 1. The molecule has 0 heterocycles. The molecular formula is C8H8F2N2O2. The number of benzene rings is 1. The van der Waals surface area contributed by atoms with E-state index in [0.717, 1.165) is 12.1 Å². The monoisotopic (exact) mass is 202 g/mol. The van der Waals surface area contributed by atoms with Gasteiger partial charge in [-0.05, 0) is 6.07 Å². The Morgan fingerprint density at radius 2 is 2.07 bits per heavy atom. The highest BCUT2D eigenvalue weighted by molar-refractivity contribution is 5.94. The molecular weight excluding hydrogens is 194 g/mol. The van der Waals surface area contributed by atoms with Gasteiger partial charge in [-0.15, -0.1) is 0 Å². The summed E-state index contributed by atoms with van der Waals surface area (Å²) in [6, 6.07) is 1.50. The number of hydrogen-bond acceptors (Lipinski definition) is 3. The van der Waals surface area contributed by atoms with E-state index in [1.807, 2.05) is 0 Å². The number of carbonyl (C=O) groups excluding carboxylic acids is 1. The standard InChI is InChI=1S/C8H8F2N2O2/c1-14-7-3-5(9)4(2-6(7)10)8(13)12-11/h2-3H,11H2,1H3,(H,12,13). The Kier molecular flexibility index (Phi) is 2.98. The molecule has 0 atom stereocenters. The first kappa shape index (κ1) is 10.4. The summed E-state index contributed by atoms with van der Waals surface area (Å²) in [7, 11) is 1.19. The van der Waals surface area contributed by atoms with E-state index >= 15 is 0 Å². The predicted molar refractivity (Wildman–Crippen MR) is 44.6 cm³/mol. The van der Waals surface area contributed by atoms with E-state index in [1.54, 1.807) is 5.43 Å². The smallest absolute Gasteiger partial charge is 0.268 e. The van der Waals surface area contributed by atoms with Crippen LogP contribution >= 0.6 is 0 Å².